The van der Waals surface area contributed by atoms with Crippen LogP contribution in [0.5, 0.6) is 0 Å². The quantitative estimate of drug-likeness (QED) is 0.685. The molecule has 2 nitrogen and oxygen atoms in total. The fourth-order valence-corrected chi connectivity index (χ4v) is 4.08. The van der Waals surface area contributed by atoms with E-state index in [9.17, 15) is 0 Å². The summed E-state index contributed by atoms with van der Waals surface area (Å²) in [6.45, 7) is 8.60. The lowest BCUT2D eigenvalue weighted by Gasteiger charge is -2.48. The number of rotatable bonds is 2. The number of fused-ring (bicyclic) bond motifs is 2. The SMILES string of the molecule is CC1=C[C@@H]2[C@@H](C3OCCO3)C[C@@H]1C[C@H]2C(C)C. The summed E-state index contributed by atoms with van der Waals surface area (Å²) >= 11 is 0. The topological polar surface area (TPSA) is 18.5 Å². The third kappa shape index (κ3) is 1.96. The highest BCUT2D eigenvalue weighted by Crippen LogP contribution is 2.51. The summed E-state index contributed by atoms with van der Waals surface area (Å²) in [6.07, 6.45) is 5.26. The van der Waals surface area contributed by atoms with Gasteiger partial charge in [0.2, 0.25) is 0 Å². The van der Waals surface area contributed by atoms with Gasteiger partial charge in [-0.2, -0.15) is 0 Å². The second-order valence-corrected chi connectivity index (χ2v) is 6.34. The molecule has 0 N–H and O–H groups in total. The van der Waals surface area contributed by atoms with E-state index in [0.717, 1.165) is 31.0 Å². The Hall–Kier alpha value is -0.340. The lowest BCUT2D eigenvalue weighted by atomic mass is 9.58. The van der Waals surface area contributed by atoms with Crippen LogP contribution in [0.4, 0.5) is 0 Å². The number of hydrogen-bond acceptors (Lipinski definition) is 2. The van der Waals surface area contributed by atoms with Crippen molar-refractivity contribution in [3.05, 3.63) is 11.6 Å². The van der Waals surface area contributed by atoms with Gasteiger partial charge in [0.25, 0.3) is 0 Å². The van der Waals surface area contributed by atoms with Gasteiger partial charge in [-0.15, -0.1) is 0 Å². The molecule has 96 valence electrons. The van der Waals surface area contributed by atoms with Gasteiger partial charge >= 0.3 is 0 Å². The van der Waals surface area contributed by atoms with Crippen LogP contribution < -0.4 is 0 Å². The standard InChI is InChI=1S/C15H24O2/c1-9(2)12-7-11-8-14(13(12)6-10(11)3)15-16-4-5-17-15/h6,9,11-15H,4-5,7-8H2,1-3H3/t11-,12-,13-,14-/m0/s1. The Morgan fingerprint density at radius 1 is 1.18 bits per heavy atom. The summed E-state index contributed by atoms with van der Waals surface area (Å²) in [5.41, 5.74) is 1.61. The highest BCUT2D eigenvalue weighted by molar-refractivity contribution is 5.18. The van der Waals surface area contributed by atoms with Crippen LogP contribution in [-0.2, 0) is 9.47 Å². The van der Waals surface area contributed by atoms with E-state index in [1.807, 2.05) is 0 Å². The van der Waals surface area contributed by atoms with Crippen molar-refractivity contribution in [3.63, 3.8) is 0 Å². The first-order chi connectivity index (χ1) is 8.16. The minimum Gasteiger partial charge on any atom is -0.350 e. The predicted molar refractivity (Wildman–Crippen MR) is 67.5 cm³/mol. The zero-order valence-electron chi connectivity index (χ0n) is 11.2. The Morgan fingerprint density at radius 3 is 2.47 bits per heavy atom. The number of hydrogen-bond donors (Lipinski definition) is 0. The maximum atomic E-state index is 5.76. The van der Waals surface area contributed by atoms with Crippen molar-refractivity contribution in [2.24, 2.45) is 29.6 Å². The van der Waals surface area contributed by atoms with Crippen LogP contribution >= 0.6 is 0 Å². The Bertz CT molecular complexity index is 315. The normalized spacial score (nSPS) is 42.2. The smallest absolute Gasteiger partial charge is 0.161 e. The maximum absolute atomic E-state index is 5.76. The van der Waals surface area contributed by atoms with Gasteiger partial charge in [0.15, 0.2) is 6.29 Å². The van der Waals surface area contributed by atoms with E-state index in [0.29, 0.717) is 11.8 Å². The molecule has 17 heavy (non-hydrogen) atoms. The van der Waals surface area contributed by atoms with E-state index in [4.69, 9.17) is 9.47 Å². The molecule has 2 fully saturated rings. The molecule has 0 amide bonds. The number of ether oxygens (including phenoxy) is 2. The average Bonchev–Trinajstić information content (AvgIpc) is 2.82. The van der Waals surface area contributed by atoms with Gasteiger partial charge in [-0.3, -0.25) is 0 Å². The van der Waals surface area contributed by atoms with E-state index in [1.165, 1.54) is 12.8 Å². The van der Waals surface area contributed by atoms with E-state index >= 15 is 0 Å². The molecule has 0 radical (unpaired) electrons. The van der Waals surface area contributed by atoms with Gasteiger partial charge in [-0.05, 0) is 43.4 Å². The highest BCUT2D eigenvalue weighted by Gasteiger charge is 2.46. The molecular weight excluding hydrogens is 212 g/mol. The molecule has 0 aromatic heterocycles. The number of allylic oxidation sites excluding steroid dienone is 2. The third-order valence-corrected chi connectivity index (χ3v) is 5.05. The molecule has 1 aliphatic heterocycles. The van der Waals surface area contributed by atoms with Crippen LogP contribution in [0, 0.1) is 29.6 Å². The Labute approximate surface area is 104 Å². The Morgan fingerprint density at radius 2 is 1.88 bits per heavy atom. The molecule has 4 atom stereocenters. The van der Waals surface area contributed by atoms with E-state index in [1.54, 1.807) is 5.57 Å². The van der Waals surface area contributed by atoms with Crippen LogP contribution in [0.15, 0.2) is 11.6 Å². The lowest BCUT2D eigenvalue weighted by molar-refractivity contribution is -0.122. The lowest BCUT2D eigenvalue weighted by Crippen LogP contribution is -2.44. The van der Waals surface area contributed by atoms with E-state index in [2.05, 4.69) is 26.8 Å². The van der Waals surface area contributed by atoms with Gasteiger partial charge in [-0.25, -0.2) is 0 Å². The zero-order valence-corrected chi connectivity index (χ0v) is 11.2. The molecular formula is C15H24O2. The zero-order chi connectivity index (χ0) is 12.0. The van der Waals surface area contributed by atoms with Crippen molar-refractivity contribution in [2.75, 3.05) is 13.2 Å². The van der Waals surface area contributed by atoms with Gasteiger partial charge in [0.05, 0.1) is 13.2 Å². The van der Waals surface area contributed by atoms with Crippen molar-refractivity contribution < 1.29 is 9.47 Å². The molecule has 1 heterocycles. The molecule has 0 aromatic carbocycles. The largest absolute Gasteiger partial charge is 0.350 e. The van der Waals surface area contributed by atoms with Crippen molar-refractivity contribution in [2.45, 2.75) is 39.9 Å². The van der Waals surface area contributed by atoms with Crippen molar-refractivity contribution in [3.8, 4) is 0 Å². The van der Waals surface area contributed by atoms with Crippen LogP contribution in [0.1, 0.15) is 33.6 Å². The molecule has 2 heteroatoms. The minimum absolute atomic E-state index is 0.0772. The summed E-state index contributed by atoms with van der Waals surface area (Å²) in [5.74, 6) is 3.67. The molecule has 0 spiro atoms. The average molecular weight is 236 g/mol. The van der Waals surface area contributed by atoms with Crippen LogP contribution in [0.2, 0.25) is 0 Å². The second-order valence-electron chi connectivity index (χ2n) is 6.34. The first kappa shape index (κ1) is 11.7. The summed E-state index contributed by atoms with van der Waals surface area (Å²) < 4.78 is 11.5. The van der Waals surface area contributed by atoms with Crippen LogP contribution in [-0.4, -0.2) is 19.5 Å². The second kappa shape index (κ2) is 4.40. The summed E-state index contributed by atoms with van der Waals surface area (Å²) in [5, 5.41) is 0. The minimum atomic E-state index is 0.0772. The fourth-order valence-electron chi connectivity index (χ4n) is 4.08. The molecule has 0 aromatic rings. The van der Waals surface area contributed by atoms with Gasteiger partial charge in [-0.1, -0.05) is 25.5 Å². The molecule has 0 unspecified atom stereocenters. The molecule has 1 saturated heterocycles. The molecule has 4 rings (SSSR count). The Kier molecular flexibility index (Phi) is 3.04. The first-order valence-corrected chi connectivity index (χ1v) is 7.08. The van der Waals surface area contributed by atoms with Crippen LogP contribution in [0.3, 0.4) is 0 Å². The van der Waals surface area contributed by atoms with E-state index in [-0.39, 0.29) is 6.29 Å². The van der Waals surface area contributed by atoms with Crippen molar-refractivity contribution >= 4 is 0 Å². The van der Waals surface area contributed by atoms with Crippen molar-refractivity contribution in [1.29, 1.82) is 0 Å². The summed E-state index contributed by atoms with van der Waals surface area (Å²) in [6, 6.07) is 0. The Balaban J connectivity index is 1.83. The van der Waals surface area contributed by atoms with Crippen molar-refractivity contribution in [1.82, 2.24) is 0 Å². The van der Waals surface area contributed by atoms with Crippen LogP contribution in [0.25, 0.3) is 0 Å². The van der Waals surface area contributed by atoms with Gasteiger partial charge in [0.1, 0.15) is 0 Å². The summed E-state index contributed by atoms with van der Waals surface area (Å²) in [7, 11) is 0. The highest BCUT2D eigenvalue weighted by atomic mass is 16.7. The first-order valence-electron chi connectivity index (χ1n) is 7.08. The van der Waals surface area contributed by atoms with Gasteiger partial charge < -0.3 is 9.47 Å². The summed E-state index contributed by atoms with van der Waals surface area (Å²) in [4.78, 5) is 0. The third-order valence-electron chi connectivity index (χ3n) is 5.05. The molecule has 1 saturated carbocycles. The molecule has 4 aliphatic rings. The van der Waals surface area contributed by atoms with E-state index < -0.39 is 0 Å². The fraction of sp³-hybridized carbons (Fsp3) is 0.867. The van der Waals surface area contributed by atoms with Gasteiger partial charge in [0, 0.05) is 5.92 Å². The molecule has 2 bridgehead atoms. The maximum Gasteiger partial charge on any atom is 0.161 e. The monoisotopic (exact) mass is 236 g/mol. The molecule has 3 aliphatic carbocycles. The predicted octanol–water partition coefficient (Wildman–Crippen LogP) is 3.23.